The lowest BCUT2D eigenvalue weighted by Crippen LogP contribution is -2.12. The summed E-state index contributed by atoms with van der Waals surface area (Å²) in [4.78, 5) is 20.7. The summed E-state index contributed by atoms with van der Waals surface area (Å²) >= 11 is 0. The normalized spacial score (nSPS) is 11.0. The first kappa shape index (κ1) is 13.5. The summed E-state index contributed by atoms with van der Waals surface area (Å²) in [5.41, 5.74) is 5.61. The Kier molecular flexibility index (Phi) is 3.06. The van der Waals surface area contributed by atoms with Gasteiger partial charge in [-0.2, -0.15) is 0 Å². The third kappa shape index (κ3) is 2.15. The van der Waals surface area contributed by atoms with Crippen LogP contribution in [0.25, 0.3) is 33.1 Å². The van der Waals surface area contributed by atoms with E-state index in [2.05, 4.69) is 15.4 Å². The molecule has 112 valence electrons. The van der Waals surface area contributed by atoms with Gasteiger partial charge in [-0.25, -0.2) is 10.8 Å². The van der Waals surface area contributed by atoms with E-state index in [0.29, 0.717) is 27.8 Å². The molecule has 0 bridgehead atoms. The molecule has 5 nitrogen and oxygen atoms in total. The van der Waals surface area contributed by atoms with Crippen molar-refractivity contribution in [1.29, 1.82) is 0 Å². The predicted octanol–water partition coefficient (Wildman–Crippen LogP) is 3.03. The number of para-hydroxylation sites is 1. The number of hydrogen-bond donors (Lipinski definition) is 3. The molecule has 0 atom stereocenters. The summed E-state index contributed by atoms with van der Waals surface area (Å²) < 4.78 is 0. The number of nitrogen functional groups attached to an aromatic ring is 1. The minimum atomic E-state index is -0.0366. The van der Waals surface area contributed by atoms with Crippen molar-refractivity contribution in [3.63, 3.8) is 0 Å². The highest BCUT2D eigenvalue weighted by atomic mass is 16.1. The Balaban J connectivity index is 2.19. The minimum Gasteiger partial charge on any atom is -0.353 e. The van der Waals surface area contributed by atoms with E-state index in [0.717, 1.165) is 11.1 Å². The fourth-order valence-electron chi connectivity index (χ4n) is 2.80. The van der Waals surface area contributed by atoms with Crippen molar-refractivity contribution in [1.82, 2.24) is 9.97 Å². The molecule has 0 aliphatic heterocycles. The summed E-state index contributed by atoms with van der Waals surface area (Å²) in [7, 11) is 0. The van der Waals surface area contributed by atoms with Crippen LogP contribution < -0.4 is 16.7 Å². The number of aromatic amines is 1. The molecule has 0 aliphatic rings. The van der Waals surface area contributed by atoms with Gasteiger partial charge in [-0.05, 0) is 18.2 Å². The lowest BCUT2D eigenvalue weighted by molar-refractivity contribution is 1.24. The lowest BCUT2D eigenvalue weighted by atomic mass is 10.1. The fourth-order valence-corrected chi connectivity index (χ4v) is 2.80. The Morgan fingerprint density at radius 1 is 0.957 bits per heavy atom. The van der Waals surface area contributed by atoms with Crippen LogP contribution in [0.5, 0.6) is 0 Å². The number of hydrazine groups is 1. The second-order valence-corrected chi connectivity index (χ2v) is 5.29. The van der Waals surface area contributed by atoms with Crippen molar-refractivity contribution in [2.24, 2.45) is 5.84 Å². The van der Waals surface area contributed by atoms with E-state index in [-0.39, 0.29) is 5.43 Å². The van der Waals surface area contributed by atoms with Crippen molar-refractivity contribution >= 4 is 27.6 Å². The quantitative estimate of drug-likeness (QED) is 0.302. The van der Waals surface area contributed by atoms with Crippen LogP contribution in [0.1, 0.15) is 0 Å². The highest BCUT2D eigenvalue weighted by Gasteiger charge is 2.13. The Hall–Kier alpha value is -3.18. The first-order valence-electron chi connectivity index (χ1n) is 7.26. The molecule has 0 saturated carbocycles. The number of hydrogen-bond acceptors (Lipinski definition) is 4. The van der Waals surface area contributed by atoms with Gasteiger partial charge in [-0.3, -0.25) is 4.79 Å². The molecule has 0 aliphatic carbocycles. The third-order valence-electron chi connectivity index (χ3n) is 3.89. The van der Waals surface area contributed by atoms with Gasteiger partial charge >= 0.3 is 0 Å². The second kappa shape index (κ2) is 5.23. The third-order valence-corrected chi connectivity index (χ3v) is 3.89. The number of nitrogens with zero attached hydrogens (tertiary/aromatic N) is 1. The molecule has 2 aromatic carbocycles. The average molecular weight is 302 g/mol. The number of anilines is 1. The van der Waals surface area contributed by atoms with Crippen LogP contribution in [-0.2, 0) is 0 Å². The predicted molar refractivity (Wildman–Crippen MR) is 93.1 cm³/mol. The lowest BCUT2D eigenvalue weighted by Gasteiger charge is -2.10. The van der Waals surface area contributed by atoms with E-state index < -0.39 is 0 Å². The smallest absolute Gasteiger partial charge is 0.197 e. The van der Waals surface area contributed by atoms with E-state index in [9.17, 15) is 4.79 Å². The van der Waals surface area contributed by atoms with Gasteiger partial charge in [0.05, 0.1) is 16.6 Å². The summed E-state index contributed by atoms with van der Waals surface area (Å²) in [6, 6.07) is 18.8. The minimum absolute atomic E-state index is 0.0366. The Labute approximate surface area is 131 Å². The van der Waals surface area contributed by atoms with Crippen molar-refractivity contribution < 1.29 is 0 Å². The first-order valence-corrected chi connectivity index (χ1v) is 7.26. The monoisotopic (exact) mass is 302 g/mol. The number of nitrogens with two attached hydrogens (primary N) is 1. The fraction of sp³-hybridized carbons (Fsp3) is 0. The van der Waals surface area contributed by atoms with Crippen LogP contribution in [0, 0.1) is 0 Å². The zero-order valence-electron chi connectivity index (χ0n) is 12.2. The number of fused-ring (bicyclic) bond motifs is 2. The van der Waals surface area contributed by atoms with E-state index in [1.807, 2.05) is 54.6 Å². The number of nitrogens with one attached hydrogen (secondary N) is 2. The maximum absolute atomic E-state index is 12.8. The van der Waals surface area contributed by atoms with Gasteiger partial charge in [-0.15, -0.1) is 0 Å². The van der Waals surface area contributed by atoms with E-state index in [4.69, 9.17) is 5.84 Å². The molecule has 4 N–H and O–H groups in total. The summed E-state index contributed by atoms with van der Waals surface area (Å²) in [6.07, 6.45) is 0. The van der Waals surface area contributed by atoms with Crippen LogP contribution in [0.15, 0.2) is 65.5 Å². The molecule has 2 aromatic heterocycles. The summed E-state index contributed by atoms with van der Waals surface area (Å²) in [6.45, 7) is 0. The molecule has 0 radical (unpaired) electrons. The molecule has 0 fully saturated rings. The number of benzene rings is 2. The number of aromatic nitrogens is 2. The highest BCUT2D eigenvalue weighted by molar-refractivity contribution is 5.99. The van der Waals surface area contributed by atoms with Crippen molar-refractivity contribution in [2.45, 2.75) is 0 Å². The van der Waals surface area contributed by atoms with Crippen molar-refractivity contribution in [2.75, 3.05) is 5.43 Å². The molecular weight excluding hydrogens is 288 g/mol. The molecule has 5 heteroatoms. The number of rotatable bonds is 2. The molecule has 0 spiro atoms. The molecule has 2 heterocycles. The first-order chi connectivity index (χ1) is 11.3. The Morgan fingerprint density at radius 3 is 2.48 bits per heavy atom. The maximum atomic E-state index is 12.8. The summed E-state index contributed by atoms with van der Waals surface area (Å²) in [5.74, 6) is 5.98. The maximum Gasteiger partial charge on any atom is 0.197 e. The topological polar surface area (TPSA) is 83.8 Å². The zero-order chi connectivity index (χ0) is 15.8. The van der Waals surface area contributed by atoms with Crippen molar-refractivity contribution in [3.8, 4) is 11.3 Å². The molecule has 4 rings (SSSR count). The van der Waals surface area contributed by atoms with E-state index in [1.54, 1.807) is 6.07 Å². The molecule has 0 unspecified atom stereocenters. The van der Waals surface area contributed by atoms with E-state index in [1.165, 1.54) is 0 Å². The van der Waals surface area contributed by atoms with E-state index >= 15 is 0 Å². The summed E-state index contributed by atoms with van der Waals surface area (Å²) in [5, 5.41) is 1.21. The zero-order valence-corrected chi connectivity index (χ0v) is 12.2. The van der Waals surface area contributed by atoms with Gasteiger partial charge in [0.1, 0.15) is 5.82 Å². The standard InChI is InChI=1S/C18H14N4O/c19-22-15-10-13-17(16(21-15)11-6-2-1-3-7-11)20-14-9-5-4-8-12(14)18(13)23/h1-10H,19H2,(H,20,23)(H,21,22). The molecule has 0 saturated heterocycles. The molecular formula is C18H14N4O. The van der Waals surface area contributed by atoms with Crippen LogP contribution in [0.3, 0.4) is 0 Å². The molecule has 0 amide bonds. The van der Waals surface area contributed by atoms with Crippen molar-refractivity contribution in [3.05, 3.63) is 70.9 Å². The second-order valence-electron chi connectivity index (χ2n) is 5.29. The van der Waals surface area contributed by atoms with Crippen LogP contribution in [0.2, 0.25) is 0 Å². The average Bonchev–Trinajstić information content (AvgIpc) is 2.62. The van der Waals surface area contributed by atoms with Gasteiger partial charge in [0, 0.05) is 16.5 Å². The van der Waals surface area contributed by atoms with Gasteiger partial charge < -0.3 is 10.4 Å². The number of pyridine rings is 2. The van der Waals surface area contributed by atoms with Crippen LogP contribution in [-0.4, -0.2) is 9.97 Å². The number of H-pyrrole nitrogens is 1. The van der Waals surface area contributed by atoms with Crippen LogP contribution in [0.4, 0.5) is 5.82 Å². The Morgan fingerprint density at radius 2 is 1.70 bits per heavy atom. The van der Waals surface area contributed by atoms with Gasteiger partial charge in [0.2, 0.25) is 0 Å². The van der Waals surface area contributed by atoms with Gasteiger partial charge in [-0.1, -0.05) is 42.5 Å². The SMILES string of the molecule is NNc1cc2c(=O)c3ccccc3[nH]c2c(-c2ccccc2)n1. The Bertz CT molecular complexity index is 1070. The molecule has 23 heavy (non-hydrogen) atoms. The van der Waals surface area contributed by atoms with Crippen LogP contribution >= 0.6 is 0 Å². The van der Waals surface area contributed by atoms with Gasteiger partial charge in [0.25, 0.3) is 0 Å². The van der Waals surface area contributed by atoms with Gasteiger partial charge in [0.15, 0.2) is 5.43 Å². The largest absolute Gasteiger partial charge is 0.353 e. The molecule has 4 aromatic rings. The highest BCUT2D eigenvalue weighted by Crippen LogP contribution is 2.27.